The van der Waals surface area contributed by atoms with E-state index in [-0.39, 0.29) is 31.4 Å². The molecule has 1 heterocycles. The maximum atomic E-state index is 13.1. The zero-order valence-corrected chi connectivity index (χ0v) is 25.9. The zero-order chi connectivity index (χ0) is 30.4. The van der Waals surface area contributed by atoms with Crippen molar-refractivity contribution >= 4 is 18.0 Å². The Labute approximate surface area is 257 Å². The molecule has 1 aliphatic heterocycles. The Morgan fingerprint density at radius 1 is 0.791 bits per heavy atom. The molecule has 0 unspecified atom stereocenters. The van der Waals surface area contributed by atoms with Crippen molar-refractivity contribution in [1.29, 1.82) is 0 Å². The van der Waals surface area contributed by atoms with Gasteiger partial charge in [-0.15, -0.1) is 0 Å². The van der Waals surface area contributed by atoms with Crippen LogP contribution in [0.3, 0.4) is 0 Å². The number of amides is 2. The first-order valence-electron chi connectivity index (χ1n) is 16.6. The minimum Gasteiger partial charge on any atom is -0.480 e. The van der Waals surface area contributed by atoms with Gasteiger partial charge in [0.25, 0.3) is 0 Å². The van der Waals surface area contributed by atoms with E-state index < -0.39 is 24.1 Å². The summed E-state index contributed by atoms with van der Waals surface area (Å²) < 4.78 is 5.72. The number of carboxylic acid groups (broad SMARTS) is 1. The van der Waals surface area contributed by atoms with E-state index in [1.165, 1.54) is 69.1 Å². The van der Waals surface area contributed by atoms with Crippen LogP contribution < -0.4 is 5.32 Å². The number of likely N-dealkylation sites (tertiary alicyclic amines) is 1. The lowest BCUT2D eigenvalue weighted by atomic mass is 9.98. The Bertz CT molecular complexity index is 1150. The number of aliphatic carboxylic acids is 1. The highest BCUT2D eigenvalue weighted by Gasteiger charge is 2.41. The van der Waals surface area contributed by atoms with Gasteiger partial charge in [-0.2, -0.15) is 0 Å². The molecule has 234 valence electrons. The lowest BCUT2D eigenvalue weighted by molar-refractivity contribution is -0.141. The number of nitrogens with zero attached hydrogens (tertiary/aromatic N) is 1. The molecule has 1 fully saturated rings. The number of nitrogens with one attached hydrogen (secondary N) is 1. The van der Waals surface area contributed by atoms with Crippen LogP contribution in [0.2, 0.25) is 0 Å². The number of fused-ring (bicyclic) bond motifs is 3. The molecule has 2 N–H and O–H groups in total. The number of carbonyl (C=O) groups excluding carboxylic acids is 2. The van der Waals surface area contributed by atoms with Crippen LogP contribution >= 0.6 is 0 Å². The van der Waals surface area contributed by atoms with Crippen molar-refractivity contribution in [3.8, 4) is 11.1 Å². The van der Waals surface area contributed by atoms with Crippen LogP contribution in [0.5, 0.6) is 0 Å². The second-order valence-corrected chi connectivity index (χ2v) is 12.3. The summed E-state index contributed by atoms with van der Waals surface area (Å²) in [5.74, 6) is -1.26. The van der Waals surface area contributed by atoms with Crippen molar-refractivity contribution < 1.29 is 24.2 Å². The molecular weight excluding hydrogens is 540 g/mol. The molecule has 7 heteroatoms. The van der Waals surface area contributed by atoms with Gasteiger partial charge < -0.3 is 15.2 Å². The number of rotatable bonds is 18. The molecule has 0 aromatic heterocycles. The monoisotopic (exact) mass is 590 g/mol. The summed E-state index contributed by atoms with van der Waals surface area (Å²) in [4.78, 5) is 38.9. The molecule has 0 saturated carbocycles. The molecule has 0 spiro atoms. The standard InChI is InChI=1S/C36H50N2O5/c1-2-3-4-5-6-7-8-9-10-11-12-13-14-23-34(39)37-27-24-33(35(40)41)38(25-27)36(42)43-26-32-30-21-17-15-19-28(30)29-20-16-18-22-31(29)32/h15-22,27,32-33H,2-14,23-26H2,1H3,(H,37,39)(H,40,41)/t27-,33-/m0/s1. The molecule has 2 aliphatic rings. The summed E-state index contributed by atoms with van der Waals surface area (Å²) in [5.41, 5.74) is 4.47. The van der Waals surface area contributed by atoms with Crippen LogP contribution in [0.25, 0.3) is 11.1 Å². The van der Waals surface area contributed by atoms with Crippen LogP contribution in [0.4, 0.5) is 4.79 Å². The summed E-state index contributed by atoms with van der Waals surface area (Å²) in [6.45, 7) is 2.52. The second kappa shape index (κ2) is 17.1. The number of hydrogen-bond acceptors (Lipinski definition) is 4. The van der Waals surface area contributed by atoms with Gasteiger partial charge >= 0.3 is 12.1 Å². The molecule has 1 aliphatic carbocycles. The van der Waals surface area contributed by atoms with Crippen molar-refractivity contribution in [2.45, 2.75) is 121 Å². The topological polar surface area (TPSA) is 95.9 Å². The molecule has 2 amide bonds. The van der Waals surface area contributed by atoms with Crippen LogP contribution in [-0.2, 0) is 14.3 Å². The fraction of sp³-hybridized carbons (Fsp3) is 0.583. The predicted molar refractivity (Wildman–Crippen MR) is 170 cm³/mol. The van der Waals surface area contributed by atoms with Crippen LogP contribution in [0.1, 0.15) is 120 Å². The average Bonchev–Trinajstić information content (AvgIpc) is 3.58. The number of unbranched alkanes of at least 4 members (excludes halogenated alkanes) is 12. The van der Waals surface area contributed by atoms with Crippen molar-refractivity contribution in [2.75, 3.05) is 13.2 Å². The molecule has 7 nitrogen and oxygen atoms in total. The van der Waals surface area contributed by atoms with E-state index in [1.54, 1.807) is 0 Å². The van der Waals surface area contributed by atoms with E-state index in [2.05, 4.69) is 24.4 Å². The van der Waals surface area contributed by atoms with E-state index in [9.17, 15) is 19.5 Å². The van der Waals surface area contributed by atoms with Crippen molar-refractivity contribution in [1.82, 2.24) is 10.2 Å². The van der Waals surface area contributed by atoms with Gasteiger partial charge in [-0.05, 0) is 28.7 Å². The minimum absolute atomic E-state index is 0.0772. The maximum Gasteiger partial charge on any atom is 0.410 e. The smallest absolute Gasteiger partial charge is 0.410 e. The van der Waals surface area contributed by atoms with Crippen molar-refractivity contribution in [3.63, 3.8) is 0 Å². The Hall–Kier alpha value is -3.35. The Kier molecular flexibility index (Phi) is 12.9. The van der Waals surface area contributed by atoms with E-state index in [0.29, 0.717) is 6.42 Å². The van der Waals surface area contributed by atoms with Gasteiger partial charge in [0.1, 0.15) is 12.6 Å². The predicted octanol–water partition coefficient (Wildman–Crippen LogP) is 8.06. The molecule has 0 bridgehead atoms. The summed E-state index contributed by atoms with van der Waals surface area (Å²) in [5, 5.41) is 12.8. The van der Waals surface area contributed by atoms with Gasteiger partial charge in [0.15, 0.2) is 0 Å². The third kappa shape index (κ3) is 9.32. The first kappa shape index (κ1) is 32.6. The fourth-order valence-electron chi connectivity index (χ4n) is 6.66. The maximum absolute atomic E-state index is 13.1. The first-order chi connectivity index (χ1) is 21.0. The lowest BCUT2D eigenvalue weighted by Gasteiger charge is -2.22. The van der Waals surface area contributed by atoms with E-state index in [0.717, 1.165) is 41.5 Å². The first-order valence-corrected chi connectivity index (χ1v) is 16.6. The van der Waals surface area contributed by atoms with Gasteiger partial charge in [-0.1, -0.05) is 133 Å². The molecule has 2 atom stereocenters. The van der Waals surface area contributed by atoms with E-state index in [1.807, 2.05) is 36.4 Å². The van der Waals surface area contributed by atoms with Crippen molar-refractivity contribution in [2.24, 2.45) is 0 Å². The number of carboxylic acids is 1. The van der Waals surface area contributed by atoms with Gasteiger partial charge in [0.05, 0.1) is 0 Å². The largest absolute Gasteiger partial charge is 0.480 e. The lowest BCUT2D eigenvalue weighted by Crippen LogP contribution is -2.42. The number of carbonyl (C=O) groups is 3. The number of ether oxygens (including phenoxy) is 1. The van der Waals surface area contributed by atoms with Crippen molar-refractivity contribution in [3.05, 3.63) is 59.7 Å². The molecule has 4 rings (SSSR count). The Morgan fingerprint density at radius 2 is 1.30 bits per heavy atom. The van der Waals surface area contributed by atoms with Gasteiger partial charge in [-0.25, -0.2) is 9.59 Å². The SMILES string of the molecule is CCCCCCCCCCCCCCCC(=O)N[C@H]1C[C@@H](C(=O)O)N(C(=O)OCC2c3ccccc3-c3ccccc32)C1. The number of hydrogen-bond donors (Lipinski definition) is 2. The highest BCUT2D eigenvalue weighted by atomic mass is 16.6. The third-order valence-electron chi connectivity index (χ3n) is 9.03. The molecule has 43 heavy (non-hydrogen) atoms. The highest BCUT2D eigenvalue weighted by molar-refractivity contribution is 5.82. The summed E-state index contributed by atoms with van der Waals surface area (Å²) in [7, 11) is 0. The molecule has 2 aromatic rings. The van der Waals surface area contributed by atoms with Gasteiger partial charge in [0.2, 0.25) is 5.91 Å². The van der Waals surface area contributed by atoms with Gasteiger partial charge in [-0.3, -0.25) is 9.69 Å². The molecule has 2 aromatic carbocycles. The minimum atomic E-state index is -1.08. The zero-order valence-electron chi connectivity index (χ0n) is 25.9. The normalized spacial score (nSPS) is 17.5. The molecule has 0 radical (unpaired) electrons. The van der Waals surface area contributed by atoms with Crippen LogP contribution in [-0.4, -0.2) is 53.2 Å². The molecule has 1 saturated heterocycles. The Balaban J connectivity index is 1.14. The fourth-order valence-corrected chi connectivity index (χ4v) is 6.66. The average molecular weight is 591 g/mol. The second-order valence-electron chi connectivity index (χ2n) is 12.3. The highest BCUT2D eigenvalue weighted by Crippen LogP contribution is 2.44. The third-order valence-corrected chi connectivity index (χ3v) is 9.03. The number of benzene rings is 2. The van der Waals surface area contributed by atoms with E-state index in [4.69, 9.17) is 4.74 Å². The van der Waals surface area contributed by atoms with Crippen LogP contribution in [0, 0.1) is 0 Å². The Morgan fingerprint density at radius 3 is 1.84 bits per heavy atom. The van der Waals surface area contributed by atoms with E-state index >= 15 is 0 Å². The molecular formula is C36H50N2O5. The quantitative estimate of drug-likeness (QED) is 0.171. The summed E-state index contributed by atoms with van der Waals surface area (Å²) in [6, 6.07) is 14.8. The van der Waals surface area contributed by atoms with Crippen LogP contribution in [0.15, 0.2) is 48.5 Å². The summed E-state index contributed by atoms with van der Waals surface area (Å²) >= 11 is 0. The summed E-state index contributed by atoms with van der Waals surface area (Å²) in [6.07, 6.45) is 16.2. The van der Waals surface area contributed by atoms with Gasteiger partial charge in [0, 0.05) is 31.3 Å².